The molecule has 1 fully saturated rings. The maximum Gasteiger partial charge on any atom is 0.407 e. The molecular formula is C21H31N3O5. The normalized spacial score (nSPS) is 14.3. The van der Waals surface area contributed by atoms with Crippen LogP contribution in [0.4, 0.5) is 4.79 Å². The Bertz CT molecular complexity index is 704. The zero-order chi connectivity index (χ0) is 21.4. The summed E-state index contributed by atoms with van der Waals surface area (Å²) in [5, 5.41) is 2.59. The number of hydrogen-bond acceptors (Lipinski definition) is 5. The largest absolute Gasteiger partial charge is 0.494 e. The average Bonchev–Trinajstić information content (AvgIpc) is 2.67. The number of benzene rings is 1. The molecule has 1 saturated heterocycles. The highest BCUT2D eigenvalue weighted by Crippen LogP contribution is 2.15. The molecule has 29 heavy (non-hydrogen) atoms. The summed E-state index contributed by atoms with van der Waals surface area (Å²) in [7, 11) is 0. The molecule has 0 unspecified atom stereocenters. The van der Waals surface area contributed by atoms with E-state index in [0.29, 0.717) is 38.3 Å². The Morgan fingerprint density at radius 1 is 1.00 bits per heavy atom. The van der Waals surface area contributed by atoms with Crippen LogP contribution in [0.2, 0.25) is 0 Å². The Hall–Kier alpha value is -2.77. The highest BCUT2D eigenvalue weighted by atomic mass is 16.6. The lowest BCUT2D eigenvalue weighted by Crippen LogP contribution is -2.51. The summed E-state index contributed by atoms with van der Waals surface area (Å²) in [6.45, 7) is 9.99. The summed E-state index contributed by atoms with van der Waals surface area (Å²) < 4.78 is 10.5. The van der Waals surface area contributed by atoms with Crippen LogP contribution in [-0.4, -0.2) is 72.6 Å². The van der Waals surface area contributed by atoms with Crippen molar-refractivity contribution in [1.82, 2.24) is 15.1 Å². The number of rotatable bonds is 6. The minimum atomic E-state index is -0.569. The first-order chi connectivity index (χ1) is 13.7. The van der Waals surface area contributed by atoms with E-state index in [1.807, 2.05) is 6.92 Å². The van der Waals surface area contributed by atoms with E-state index < -0.39 is 11.7 Å². The molecule has 1 aromatic carbocycles. The molecule has 0 radical (unpaired) electrons. The third-order valence-corrected chi connectivity index (χ3v) is 4.34. The van der Waals surface area contributed by atoms with E-state index in [4.69, 9.17) is 9.47 Å². The number of alkyl carbamates (subject to hydrolysis) is 1. The highest BCUT2D eigenvalue weighted by Gasteiger charge is 2.25. The van der Waals surface area contributed by atoms with Crippen LogP contribution >= 0.6 is 0 Å². The molecule has 0 atom stereocenters. The number of amides is 3. The van der Waals surface area contributed by atoms with Crippen LogP contribution in [0, 0.1) is 0 Å². The molecule has 0 bridgehead atoms. The molecule has 1 N–H and O–H groups in total. The van der Waals surface area contributed by atoms with Crippen molar-refractivity contribution in [3.05, 3.63) is 29.8 Å². The Morgan fingerprint density at radius 3 is 2.14 bits per heavy atom. The molecule has 1 heterocycles. The second kappa shape index (κ2) is 10.1. The van der Waals surface area contributed by atoms with Crippen molar-refractivity contribution < 1.29 is 23.9 Å². The molecule has 0 saturated carbocycles. The maximum atomic E-state index is 12.6. The number of ether oxygens (including phenoxy) is 2. The molecule has 1 aliphatic heterocycles. The van der Waals surface area contributed by atoms with Gasteiger partial charge in [-0.3, -0.25) is 9.59 Å². The van der Waals surface area contributed by atoms with Gasteiger partial charge in [0.05, 0.1) is 6.61 Å². The zero-order valence-electron chi connectivity index (χ0n) is 17.7. The summed E-state index contributed by atoms with van der Waals surface area (Å²) in [4.78, 5) is 40.0. The quantitative estimate of drug-likeness (QED) is 0.785. The van der Waals surface area contributed by atoms with Gasteiger partial charge in [-0.1, -0.05) is 0 Å². The SMILES string of the molecule is CCOc1ccc(C(=O)N2CCN(C(=O)CCNC(=O)OC(C)(C)C)CC2)cc1. The molecule has 160 valence electrons. The zero-order valence-corrected chi connectivity index (χ0v) is 17.7. The third kappa shape index (κ3) is 7.29. The molecule has 0 spiro atoms. The molecule has 1 aliphatic rings. The minimum Gasteiger partial charge on any atom is -0.494 e. The van der Waals surface area contributed by atoms with Crippen molar-refractivity contribution in [2.24, 2.45) is 0 Å². The third-order valence-electron chi connectivity index (χ3n) is 4.34. The van der Waals surface area contributed by atoms with Gasteiger partial charge in [-0.05, 0) is 52.0 Å². The number of hydrogen-bond donors (Lipinski definition) is 1. The molecule has 2 rings (SSSR count). The average molecular weight is 405 g/mol. The Balaban J connectivity index is 1.74. The predicted molar refractivity (Wildman–Crippen MR) is 109 cm³/mol. The van der Waals surface area contributed by atoms with Crippen molar-refractivity contribution in [2.75, 3.05) is 39.3 Å². The number of carbonyl (C=O) groups is 3. The lowest BCUT2D eigenvalue weighted by molar-refractivity contribution is -0.132. The fraction of sp³-hybridized carbons (Fsp3) is 0.571. The number of carbonyl (C=O) groups excluding carboxylic acids is 3. The van der Waals surface area contributed by atoms with Gasteiger partial charge in [0.2, 0.25) is 5.91 Å². The van der Waals surface area contributed by atoms with E-state index >= 15 is 0 Å². The van der Waals surface area contributed by atoms with Crippen molar-refractivity contribution >= 4 is 17.9 Å². The number of nitrogens with zero attached hydrogens (tertiary/aromatic N) is 2. The summed E-state index contributed by atoms with van der Waals surface area (Å²) in [5.41, 5.74) is 0.0371. The van der Waals surface area contributed by atoms with E-state index in [9.17, 15) is 14.4 Å². The van der Waals surface area contributed by atoms with Crippen molar-refractivity contribution in [2.45, 2.75) is 39.7 Å². The first-order valence-corrected chi connectivity index (χ1v) is 9.96. The molecule has 8 heteroatoms. The summed E-state index contributed by atoms with van der Waals surface area (Å²) in [6.07, 6.45) is -0.331. The van der Waals surface area contributed by atoms with Crippen molar-refractivity contribution in [1.29, 1.82) is 0 Å². The molecular weight excluding hydrogens is 374 g/mol. The second-order valence-electron chi connectivity index (χ2n) is 7.81. The smallest absolute Gasteiger partial charge is 0.407 e. The van der Waals surface area contributed by atoms with Crippen LogP contribution < -0.4 is 10.1 Å². The van der Waals surface area contributed by atoms with E-state index in [0.717, 1.165) is 5.75 Å². The fourth-order valence-electron chi connectivity index (χ4n) is 2.95. The van der Waals surface area contributed by atoms with Gasteiger partial charge in [-0.25, -0.2) is 4.79 Å². The van der Waals surface area contributed by atoms with E-state index in [2.05, 4.69) is 5.32 Å². The van der Waals surface area contributed by atoms with Crippen molar-refractivity contribution in [3.8, 4) is 5.75 Å². The fourth-order valence-corrected chi connectivity index (χ4v) is 2.95. The topological polar surface area (TPSA) is 88.2 Å². The monoisotopic (exact) mass is 405 g/mol. The van der Waals surface area contributed by atoms with Crippen LogP contribution in [0.5, 0.6) is 5.75 Å². The molecule has 3 amide bonds. The molecule has 8 nitrogen and oxygen atoms in total. The first-order valence-electron chi connectivity index (χ1n) is 9.96. The van der Waals surface area contributed by atoms with Gasteiger partial charge in [-0.2, -0.15) is 0 Å². The Morgan fingerprint density at radius 2 is 1.59 bits per heavy atom. The van der Waals surface area contributed by atoms with E-state index in [1.54, 1.807) is 54.8 Å². The predicted octanol–water partition coefficient (Wildman–Crippen LogP) is 2.28. The van der Waals surface area contributed by atoms with Gasteiger partial charge in [0.25, 0.3) is 5.91 Å². The highest BCUT2D eigenvalue weighted by molar-refractivity contribution is 5.94. The minimum absolute atomic E-state index is 0.0470. The van der Waals surface area contributed by atoms with Gasteiger partial charge in [-0.15, -0.1) is 0 Å². The van der Waals surface area contributed by atoms with Crippen LogP contribution in [0.3, 0.4) is 0 Å². The Labute approximate surface area is 172 Å². The summed E-state index contributed by atoms with van der Waals surface area (Å²) in [6, 6.07) is 7.09. The lowest BCUT2D eigenvalue weighted by Gasteiger charge is -2.35. The number of piperazine rings is 1. The van der Waals surface area contributed by atoms with Gasteiger partial charge >= 0.3 is 6.09 Å². The summed E-state index contributed by atoms with van der Waals surface area (Å²) >= 11 is 0. The van der Waals surface area contributed by atoms with E-state index in [1.165, 1.54) is 0 Å². The van der Waals surface area contributed by atoms with Gasteiger partial charge in [0.1, 0.15) is 11.4 Å². The maximum absolute atomic E-state index is 12.6. The molecule has 0 aromatic heterocycles. The van der Waals surface area contributed by atoms with Crippen LogP contribution in [0.1, 0.15) is 44.5 Å². The van der Waals surface area contributed by atoms with Crippen LogP contribution in [-0.2, 0) is 9.53 Å². The van der Waals surface area contributed by atoms with E-state index in [-0.39, 0.29) is 24.8 Å². The summed E-state index contributed by atoms with van der Waals surface area (Å²) in [5.74, 6) is 0.639. The van der Waals surface area contributed by atoms with Crippen LogP contribution in [0.15, 0.2) is 24.3 Å². The Kier molecular flexibility index (Phi) is 7.87. The van der Waals surface area contributed by atoms with Gasteiger partial charge in [0, 0.05) is 44.7 Å². The first kappa shape index (κ1) is 22.5. The van der Waals surface area contributed by atoms with Gasteiger partial charge < -0.3 is 24.6 Å². The standard InChI is InChI=1S/C21H31N3O5/c1-5-28-17-8-6-16(7-9-17)19(26)24-14-12-23(13-15-24)18(25)10-11-22-20(27)29-21(2,3)4/h6-9H,5,10-15H2,1-4H3,(H,22,27). The molecule has 1 aromatic rings. The lowest BCUT2D eigenvalue weighted by atomic mass is 10.1. The van der Waals surface area contributed by atoms with Gasteiger partial charge in [0.15, 0.2) is 0 Å². The number of nitrogens with one attached hydrogen (secondary N) is 1. The van der Waals surface area contributed by atoms with Crippen LogP contribution in [0.25, 0.3) is 0 Å². The second-order valence-corrected chi connectivity index (χ2v) is 7.81. The van der Waals surface area contributed by atoms with Crippen molar-refractivity contribution in [3.63, 3.8) is 0 Å². The molecule has 0 aliphatic carbocycles.